The van der Waals surface area contributed by atoms with Gasteiger partial charge in [-0.15, -0.1) is 10.2 Å². The second-order valence-electron chi connectivity index (χ2n) is 8.23. The van der Waals surface area contributed by atoms with Crippen molar-refractivity contribution in [3.8, 4) is 5.75 Å². The zero-order valence-corrected chi connectivity index (χ0v) is 20.5. The number of para-hydroxylation sites is 1. The molecule has 0 aliphatic heterocycles. The molecule has 0 bridgehead atoms. The summed E-state index contributed by atoms with van der Waals surface area (Å²) < 4.78 is 8.14. The number of carbonyl (C=O) groups excluding carboxylic acids is 1. The van der Waals surface area contributed by atoms with Crippen LogP contribution in [-0.4, -0.2) is 26.4 Å². The van der Waals surface area contributed by atoms with E-state index in [1.54, 1.807) is 0 Å². The normalized spacial score (nSPS) is 11.1. The molecule has 1 aromatic heterocycles. The highest BCUT2D eigenvalue weighted by molar-refractivity contribution is 7.99. The fraction of sp³-hybridized carbons (Fsp3) is 0.400. The number of ether oxygens (including phenoxy) is 1. The first-order valence-electron chi connectivity index (χ1n) is 10.9. The predicted molar refractivity (Wildman–Crippen MR) is 131 cm³/mol. The van der Waals surface area contributed by atoms with Gasteiger partial charge in [0.05, 0.1) is 5.75 Å². The largest absolute Gasteiger partial charge is 0.485 e. The molecule has 0 aliphatic rings. The van der Waals surface area contributed by atoms with Gasteiger partial charge in [-0.2, -0.15) is 0 Å². The summed E-state index contributed by atoms with van der Waals surface area (Å²) in [7, 11) is 0. The molecule has 3 aromatic rings. The highest BCUT2D eigenvalue weighted by atomic mass is 32.2. The average Bonchev–Trinajstić information content (AvgIpc) is 3.15. The van der Waals surface area contributed by atoms with Crippen LogP contribution in [-0.2, 0) is 17.9 Å². The Morgan fingerprint density at radius 2 is 1.84 bits per heavy atom. The van der Waals surface area contributed by atoms with Crippen LogP contribution in [0, 0.1) is 20.8 Å². The summed E-state index contributed by atoms with van der Waals surface area (Å²) in [5.41, 5.74) is 5.32. The van der Waals surface area contributed by atoms with Crippen molar-refractivity contribution in [2.24, 2.45) is 0 Å². The molecule has 32 heavy (non-hydrogen) atoms. The van der Waals surface area contributed by atoms with E-state index in [4.69, 9.17) is 4.74 Å². The van der Waals surface area contributed by atoms with Crippen LogP contribution in [0.3, 0.4) is 0 Å². The molecule has 0 spiro atoms. The lowest BCUT2D eigenvalue weighted by Gasteiger charge is -2.15. The Kier molecular flexibility index (Phi) is 7.96. The molecule has 0 atom stereocenters. The number of aryl methyl sites for hydroxylation is 3. The minimum atomic E-state index is -0.0582. The third-order valence-electron chi connectivity index (χ3n) is 5.34. The number of anilines is 1. The van der Waals surface area contributed by atoms with Crippen LogP contribution >= 0.6 is 11.8 Å². The second-order valence-corrected chi connectivity index (χ2v) is 9.17. The van der Waals surface area contributed by atoms with Crippen LogP contribution in [0.1, 0.15) is 54.8 Å². The zero-order valence-electron chi connectivity index (χ0n) is 19.7. The number of rotatable bonds is 9. The number of nitrogens with zero attached hydrogens (tertiary/aromatic N) is 3. The van der Waals surface area contributed by atoms with E-state index >= 15 is 0 Å². The molecule has 7 heteroatoms. The smallest absolute Gasteiger partial charge is 0.234 e. The SMILES string of the molecule is CCn1c(COc2cc(C)ccc2C(C)C)nnc1SCC(=O)Nc1c(C)cccc1C. The summed E-state index contributed by atoms with van der Waals surface area (Å²) in [6.45, 7) is 13.4. The van der Waals surface area contributed by atoms with Gasteiger partial charge in [0.15, 0.2) is 11.0 Å². The van der Waals surface area contributed by atoms with Crippen molar-refractivity contribution in [2.45, 2.75) is 65.8 Å². The summed E-state index contributed by atoms with van der Waals surface area (Å²) in [4.78, 5) is 12.5. The van der Waals surface area contributed by atoms with Crippen LogP contribution in [0.4, 0.5) is 5.69 Å². The fourth-order valence-electron chi connectivity index (χ4n) is 3.55. The average molecular weight is 453 g/mol. The first-order valence-corrected chi connectivity index (χ1v) is 11.9. The molecular formula is C25H32N4O2S. The maximum Gasteiger partial charge on any atom is 0.234 e. The molecule has 1 amide bonds. The number of aromatic nitrogens is 3. The lowest BCUT2D eigenvalue weighted by atomic mass is 10.0. The van der Waals surface area contributed by atoms with Crippen molar-refractivity contribution in [2.75, 3.05) is 11.1 Å². The minimum absolute atomic E-state index is 0.0582. The molecule has 170 valence electrons. The number of benzene rings is 2. The summed E-state index contributed by atoms with van der Waals surface area (Å²) in [5.74, 6) is 2.21. The highest BCUT2D eigenvalue weighted by Crippen LogP contribution is 2.28. The molecule has 0 radical (unpaired) electrons. The van der Waals surface area contributed by atoms with Gasteiger partial charge >= 0.3 is 0 Å². The molecule has 2 aromatic carbocycles. The Morgan fingerprint density at radius 3 is 2.50 bits per heavy atom. The third-order valence-corrected chi connectivity index (χ3v) is 6.30. The monoisotopic (exact) mass is 452 g/mol. The zero-order chi connectivity index (χ0) is 23.3. The van der Waals surface area contributed by atoms with Crippen LogP contribution in [0.5, 0.6) is 5.75 Å². The number of carbonyl (C=O) groups is 1. The van der Waals surface area contributed by atoms with Crippen molar-refractivity contribution in [1.82, 2.24) is 14.8 Å². The van der Waals surface area contributed by atoms with E-state index in [2.05, 4.69) is 54.5 Å². The first-order chi connectivity index (χ1) is 15.3. The van der Waals surface area contributed by atoms with E-state index in [1.807, 2.05) is 43.5 Å². The van der Waals surface area contributed by atoms with Gasteiger partial charge in [-0.1, -0.05) is 55.9 Å². The second kappa shape index (κ2) is 10.7. The minimum Gasteiger partial charge on any atom is -0.485 e. The van der Waals surface area contributed by atoms with Crippen molar-refractivity contribution >= 4 is 23.4 Å². The van der Waals surface area contributed by atoms with E-state index in [0.717, 1.165) is 39.1 Å². The molecule has 6 nitrogen and oxygen atoms in total. The van der Waals surface area contributed by atoms with E-state index in [1.165, 1.54) is 17.3 Å². The quantitative estimate of drug-likeness (QED) is 0.425. The number of hydrogen-bond acceptors (Lipinski definition) is 5. The summed E-state index contributed by atoms with van der Waals surface area (Å²) in [6, 6.07) is 12.3. The molecule has 0 unspecified atom stereocenters. The number of thioether (sulfide) groups is 1. The Bertz CT molecular complexity index is 1070. The standard InChI is InChI=1S/C25H32N4O2S/c1-7-29-22(14-31-21-13-17(4)11-12-20(21)16(2)3)27-28-25(29)32-15-23(30)26-24-18(5)9-8-10-19(24)6/h8-13,16H,7,14-15H2,1-6H3,(H,26,30). The predicted octanol–water partition coefficient (Wildman–Crippen LogP) is 5.66. The summed E-state index contributed by atoms with van der Waals surface area (Å²) >= 11 is 1.39. The maximum absolute atomic E-state index is 12.5. The number of nitrogens with one attached hydrogen (secondary N) is 1. The number of amides is 1. The molecular weight excluding hydrogens is 420 g/mol. The van der Waals surface area contributed by atoms with Gasteiger partial charge < -0.3 is 14.6 Å². The lowest BCUT2D eigenvalue weighted by Crippen LogP contribution is -2.16. The lowest BCUT2D eigenvalue weighted by molar-refractivity contribution is -0.113. The summed E-state index contributed by atoms with van der Waals surface area (Å²) in [5, 5.41) is 12.4. The molecule has 1 N–H and O–H groups in total. The van der Waals surface area contributed by atoms with Crippen LogP contribution in [0.15, 0.2) is 41.6 Å². The Labute approximate surface area is 194 Å². The topological polar surface area (TPSA) is 69.0 Å². The van der Waals surface area contributed by atoms with Gasteiger partial charge in [0.2, 0.25) is 5.91 Å². The molecule has 0 saturated carbocycles. The molecule has 1 heterocycles. The Balaban J connectivity index is 1.65. The van der Waals surface area contributed by atoms with Gasteiger partial charge in [0.25, 0.3) is 0 Å². The van der Waals surface area contributed by atoms with Gasteiger partial charge in [-0.25, -0.2) is 0 Å². The van der Waals surface area contributed by atoms with Crippen LogP contribution in [0.25, 0.3) is 0 Å². The van der Waals surface area contributed by atoms with Crippen molar-refractivity contribution < 1.29 is 9.53 Å². The number of hydrogen-bond donors (Lipinski definition) is 1. The first kappa shape index (κ1) is 23.9. The van der Waals surface area contributed by atoms with E-state index < -0.39 is 0 Å². The Morgan fingerprint density at radius 1 is 1.12 bits per heavy atom. The van der Waals surface area contributed by atoms with Crippen molar-refractivity contribution in [3.05, 3.63) is 64.5 Å². The van der Waals surface area contributed by atoms with Crippen molar-refractivity contribution in [1.29, 1.82) is 0 Å². The Hall–Kier alpha value is -2.80. The molecule has 0 saturated heterocycles. The fourth-order valence-corrected chi connectivity index (χ4v) is 4.37. The highest BCUT2D eigenvalue weighted by Gasteiger charge is 2.16. The van der Waals surface area contributed by atoms with E-state index in [9.17, 15) is 4.79 Å². The van der Waals surface area contributed by atoms with Crippen LogP contribution in [0.2, 0.25) is 0 Å². The van der Waals surface area contributed by atoms with Gasteiger partial charge in [0.1, 0.15) is 12.4 Å². The third kappa shape index (κ3) is 5.71. The van der Waals surface area contributed by atoms with E-state index in [-0.39, 0.29) is 11.7 Å². The maximum atomic E-state index is 12.5. The molecule has 3 rings (SSSR count). The van der Waals surface area contributed by atoms with Crippen LogP contribution < -0.4 is 10.1 Å². The molecule has 0 fully saturated rings. The van der Waals surface area contributed by atoms with Crippen molar-refractivity contribution in [3.63, 3.8) is 0 Å². The van der Waals surface area contributed by atoms with Gasteiger partial charge in [-0.3, -0.25) is 4.79 Å². The molecule has 0 aliphatic carbocycles. The van der Waals surface area contributed by atoms with E-state index in [0.29, 0.717) is 19.1 Å². The van der Waals surface area contributed by atoms with Gasteiger partial charge in [0, 0.05) is 12.2 Å². The summed E-state index contributed by atoms with van der Waals surface area (Å²) in [6.07, 6.45) is 0. The van der Waals surface area contributed by atoms with Gasteiger partial charge in [-0.05, 0) is 61.9 Å².